The van der Waals surface area contributed by atoms with E-state index in [0.29, 0.717) is 0 Å². The topological polar surface area (TPSA) is 42.7 Å². The molecule has 0 fully saturated rings. The van der Waals surface area contributed by atoms with Crippen molar-refractivity contribution in [1.82, 2.24) is 20.1 Å². The van der Waals surface area contributed by atoms with E-state index in [0.717, 1.165) is 29.4 Å². The summed E-state index contributed by atoms with van der Waals surface area (Å²) in [7, 11) is 1.91. The Morgan fingerprint density at radius 1 is 1.53 bits per heavy atom. The highest BCUT2D eigenvalue weighted by Crippen LogP contribution is 2.22. The molecular weight excluding hydrogens is 208 g/mol. The van der Waals surface area contributed by atoms with E-state index in [1.165, 1.54) is 0 Å². The standard InChI is InChI=1S/C10H14N4S/c1-3-11-5-9-7-15-10(13-9)8-4-12-14(2)6-8/h4,6-7,11H,3,5H2,1-2H3. The highest BCUT2D eigenvalue weighted by atomic mass is 32.1. The highest BCUT2D eigenvalue weighted by Gasteiger charge is 2.05. The molecule has 2 aromatic heterocycles. The third kappa shape index (κ3) is 2.43. The monoisotopic (exact) mass is 222 g/mol. The van der Waals surface area contributed by atoms with Gasteiger partial charge in [0.15, 0.2) is 0 Å². The number of rotatable bonds is 4. The first-order chi connectivity index (χ1) is 7.29. The molecule has 0 bridgehead atoms. The SMILES string of the molecule is CCNCc1csc(-c2cnn(C)c2)n1. The van der Waals surface area contributed by atoms with Gasteiger partial charge in [-0.25, -0.2) is 4.98 Å². The summed E-state index contributed by atoms with van der Waals surface area (Å²) in [5.74, 6) is 0. The van der Waals surface area contributed by atoms with Gasteiger partial charge in [0.1, 0.15) is 5.01 Å². The lowest BCUT2D eigenvalue weighted by atomic mass is 10.4. The van der Waals surface area contributed by atoms with Gasteiger partial charge in [-0.3, -0.25) is 4.68 Å². The Morgan fingerprint density at radius 3 is 3.07 bits per heavy atom. The van der Waals surface area contributed by atoms with Gasteiger partial charge in [-0.15, -0.1) is 11.3 Å². The molecule has 0 unspecified atom stereocenters. The van der Waals surface area contributed by atoms with E-state index >= 15 is 0 Å². The summed E-state index contributed by atoms with van der Waals surface area (Å²) in [4.78, 5) is 4.53. The molecule has 0 aliphatic heterocycles. The molecule has 80 valence electrons. The molecule has 5 heteroatoms. The Labute approximate surface area is 93.0 Å². The molecule has 15 heavy (non-hydrogen) atoms. The van der Waals surface area contributed by atoms with Crippen LogP contribution in [-0.4, -0.2) is 21.3 Å². The fraction of sp³-hybridized carbons (Fsp3) is 0.400. The largest absolute Gasteiger partial charge is 0.311 e. The number of aromatic nitrogens is 3. The van der Waals surface area contributed by atoms with E-state index in [1.807, 2.05) is 19.4 Å². The first-order valence-electron chi connectivity index (χ1n) is 4.93. The average molecular weight is 222 g/mol. The van der Waals surface area contributed by atoms with Gasteiger partial charge < -0.3 is 5.32 Å². The van der Waals surface area contributed by atoms with Crippen molar-refractivity contribution in [2.24, 2.45) is 7.05 Å². The fourth-order valence-corrected chi connectivity index (χ4v) is 2.10. The lowest BCUT2D eigenvalue weighted by Gasteiger charge is -1.95. The molecule has 0 radical (unpaired) electrons. The molecule has 2 heterocycles. The molecular formula is C10H14N4S. The molecule has 4 nitrogen and oxygen atoms in total. The zero-order chi connectivity index (χ0) is 10.7. The molecule has 0 aromatic carbocycles. The van der Waals surface area contributed by atoms with E-state index in [9.17, 15) is 0 Å². The third-order valence-electron chi connectivity index (χ3n) is 2.06. The number of thiazole rings is 1. The second-order valence-corrected chi connectivity index (χ2v) is 4.19. The van der Waals surface area contributed by atoms with E-state index < -0.39 is 0 Å². The van der Waals surface area contributed by atoms with E-state index in [4.69, 9.17) is 0 Å². The molecule has 0 saturated carbocycles. The van der Waals surface area contributed by atoms with Gasteiger partial charge in [0.05, 0.1) is 11.9 Å². The highest BCUT2D eigenvalue weighted by molar-refractivity contribution is 7.13. The smallest absolute Gasteiger partial charge is 0.126 e. The van der Waals surface area contributed by atoms with Crippen LogP contribution in [0.25, 0.3) is 10.6 Å². The average Bonchev–Trinajstić information content (AvgIpc) is 2.83. The summed E-state index contributed by atoms with van der Waals surface area (Å²) >= 11 is 1.66. The number of aryl methyl sites for hydroxylation is 1. The van der Waals surface area contributed by atoms with Crippen LogP contribution in [0.2, 0.25) is 0 Å². The quantitative estimate of drug-likeness (QED) is 0.855. The van der Waals surface area contributed by atoms with Crippen molar-refractivity contribution in [2.45, 2.75) is 13.5 Å². The van der Waals surface area contributed by atoms with Crippen LogP contribution in [-0.2, 0) is 13.6 Å². The van der Waals surface area contributed by atoms with Crippen LogP contribution in [0.5, 0.6) is 0 Å². The van der Waals surface area contributed by atoms with Crippen LogP contribution in [0.15, 0.2) is 17.8 Å². The molecule has 2 aromatic rings. The molecule has 1 N–H and O–H groups in total. The zero-order valence-electron chi connectivity index (χ0n) is 8.90. The minimum absolute atomic E-state index is 0.841. The predicted octanol–water partition coefficient (Wildman–Crippen LogP) is 1.65. The van der Waals surface area contributed by atoms with Crippen LogP contribution < -0.4 is 5.32 Å². The van der Waals surface area contributed by atoms with Crippen molar-refractivity contribution in [3.05, 3.63) is 23.5 Å². The third-order valence-corrected chi connectivity index (χ3v) is 3.00. The fourth-order valence-electron chi connectivity index (χ4n) is 1.31. The summed E-state index contributed by atoms with van der Waals surface area (Å²) in [6.07, 6.45) is 3.83. The minimum Gasteiger partial charge on any atom is -0.311 e. The summed E-state index contributed by atoms with van der Waals surface area (Å²) in [6.45, 7) is 3.90. The lowest BCUT2D eigenvalue weighted by Crippen LogP contribution is -2.11. The van der Waals surface area contributed by atoms with Gasteiger partial charge in [0, 0.05) is 30.7 Å². The Kier molecular flexibility index (Phi) is 3.13. The Bertz CT molecular complexity index is 432. The first kappa shape index (κ1) is 10.3. The van der Waals surface area contributed by atoms with Crippen LogP contribution in [0.3, 0.4) is 0 Å². The molecule has 0 atom stereocenters. The Balaban J connectivity index is 2.13. The van der Waals surface area contributed by atoms with Gasteiger partial charge in [0.2, 0.25) is 0 Å². The molecule has 0 spiro atoms. The molecule has 0 aliphatic rings. The van der Waals surface area contributed by atoms with E-state index in [2.05, 4.69) is 27.7 Å². The number of hydrogen-bond acceptors (Lipinski definition) is 4. The van der Waals surface area contributed by atoms with Crippen molar-refractivity contribution in [2.75, 3.05) is 6.54 Å². The summed E-state index contributed by atoms with van der Waals surface area (Å²) in [5, 5.41) is 10.5. The maximum absolute atomic E-state index is 4.53. The maximum atomic E-state index is 4.53. The van der Waals surface area contributed by atoms with Gasteiger partial charge >= 0.3 is 0 Å². The summed E-state index contributed by atoms with van der Waals surface area (Å²) in [5.41, 5.74) is 2.19. The number of nitrogens with one attached hydrogen (secondary N) is 1. The van der Waals surface area contributed by atoms with Gasteiger partial charge in [-0.2, -0.15) is 5.10 Å². The number of nitrogens with zero attached hydrogens (tertiary/aromatic N) is 3. The maximum Gasteiger partial charge on any atom is 0.126 e. The van der Waals surface area contributed by atoms with Gasteiger partial charge in [-0.05, 0) is 6.54 Å². The van der Waals surface area contributed by atoms with Crippen molar-refractivity contribution < 1.29 is 0 Å². The zero-order valence-corrected chi connectivity index (χ0v) is 9.71. The molecule has 2 rings (SSSR count). The van der Waals surface area contributed by atoms with Gasteiger partial charge in [-0.1, -0.05) is 6.92 Å². The second-order valence-electron chi connectivity index (χ2n) is 3.33. The molecule has 0 aliphatic carbocycles. The van der Waals surface area contributed by atoms with Crippen LogP contribution >= 0.6 is 11.3 Å². The summed E-state index contributed by atoms with van der Waals surface area (Å²) in [6, 6.07) is 0. The normalized spacial score (nSPS) is 10.8. The van der Waals surface area contributed by atoms with Crippen molar-refractivity contribution in [1.29, 1.82) is 0 Å². The predicted molar refractivity (Wildman–Crippen MR) is 61.7 cm³/mol. The summed E-state index contributed by atoms with van der Waals surface area (Å²) < 4.78 is 1.79. The number of hydrogen-bond donors (Lipinski definition) is 1. The Hall–Kier alpha value is -1.20. The van der Waals surface area contributed by atoms with E-state index in [1.54, 1.807) is 16.0 Å². The van der Waals surface area contributed by atoms with E-state index in [-0.39, 0.29) is 0 Å². The second kappa shape index (κ2) is 4.55. The van der Waals surface area contributed by atoms with Crippen molar-refractivity contribution in [3.63, 3.8) is 0 Å². The minimum atomic E-state index is 0.841. The molecule has 0 saturated heterocycles. The Morgan fingerprint density at radius 2 is 2.40 bits per heavy atom. The molecule has 0 amide bonds. The first-order valence-corrected chi connectivity index (χ1v) is 5.81. The lowest BCUT2D eigenvalue weighted by molar-refractivity contribution is 0.715. The van der Waals surface area contributed by atoms with Gasteiger partial charge in [0.25, 0.3) is 0 Å². The van der Waals surface area contributed by atoms with Crippen LogP contribution in [0.1, 0.15) is 12.6 Å². The van der Waals surface area contributed by atoms with Crippen LogP contribution in [0.4, 0.5) is 0 Å². The van der Waals surface area contributed by atoms with Crippen molar-refractivity contribution >= 4 is 11.3 Å². The van der Waals surface area contributed by atoms with Crippen LogP contribution in [0, 0.1) is 0 Å². The van der Waals surface area contributed by atoms with Crippen molar-refractivity contribution in [3.8, 4) is 10.6 Å².